The van der Waals surface area contributed by atoms with E-state index in [-0.39, 0.29) is 11.7 Å². The summed E-state index contributed by atoms with van der Waals surface area (Å²) in [5, 5.41) is 0. The fourth-order valence-electron chi connectivity index (χ4n) is 1.43. The second kappa shape index (κ2) is 5.22. The average molecular weight is 204 g/mol. The molecule has 0 N–H and O–H groups in total. The number of ketones is 1. The van der Waals surface area contributed by atoms with Crippen molar-refractivity contribution >= 4 is 23.3 Å². The first kappa shape index (κ1) is 10.5. The molecule has 0 spiro atoms. The number of alkyl halides is 1. The normalized spacial score (nSPS) is 18.1. The van der Waals surface area contributed by atoms with Gasteiger partial charge in [0.05, 0.1) is 0 Å². The summed E-state index contributed by atoms with van der Waals surface area (Å²) in [7, 11) is 0. The lowest BCUT2D eigenvalue weighted by atomic mass is 10.1. The van der Waals surface area contributed by atoms with Crippen molar-refractivity contribution in [2.24, 2.45) is 0 Å². The number of carbonyl (C=O) groups excluding carboxylic acids is 2. The number of unbranched alkanes of at least 4 members (excludes halogenated alkanes) is 1. The third-order valence-corrected chi connectivity index (χ3v) is 2.44. The molecular formula is C9H14ClNO2. The van der Waals surface area contributed by atoms with E-state index in [4.69, 9.17) is 11.6 Å². The zero-order chi connectivity index (χ0) is 9.68. The van der Waals surface area contributed by atoms with Crippen LogP contribution >= 0.6 is 11.6 Å². The van der Waals surface area contributed by atoms with Gasteiger partial charge in [-0.3, -0.25) is 9.59 Å². The van der Waals surface area contributed by atoms with Crippen LogP contribution in [-0.2, 0) is 9.59 Å². The van der Waals surface area contributed by atoms with Gasteiger partial charge in [-0.05, 0) is 19.3 Å². The number of piperidine rings is 1. The predicted molar refractivity (Wildman–Crippen MR) is 50.8 cm³/mol. The Hall–Kier alpha value is -0.570. The van der Waals surface area contributed by atoms with Crippen LogP contribution in [0.3, 0.4) is 0 Å². The van der Waals surface area contributed by atoms with Gasteiger partial charge in [0.15, 0.2) is 0 Å². The smallest absolute Gasteiger partial charge is 0.289 e. The van der Waals surface area contributed by atoms with E-state index < -0.39 is 0 Å². The van der Waals surface area contributed by atoms with E-state index in [0.29, 0.717) is 18.8 Å². The van der Waals surface area contributed by atoms with E-state index in [2.05, 4.69) is 0 Å². The molecule has 0 saturated carbocycles. The number of likely N-dealkylation sites (tertiary alicyclic amines) is 1. The van der Waals surface area contributed by atoms with E-state index in [9.17, 15) is 9.59 Å². The summed E-state index contributed by atoms with van der Waals surface area (Å²) in [6.45, 7) is 1.41. The van der Waals surface area contributed by atoms with Gasteiger partial charge in [-0.15, -0.1) is 11.6 Å². The van der Waals surface area contributed by atoms with E-state index >= 15 is 0 Å². The van der Waals surface area contributed by atoms with Crippen LogP contribution in [0.25, 0.3) is 0 Å². The van der Waals surface area contributed by atoms with Crippen molar-refractivity contribution in [3.05, 3.63) is 0 Å². The molecule has 0 atom stereocenters. The summed E-state index contributed by atoms with van der Waals surface area (Å²) in [5.74, 6) is 0.0774. The molecule has 1 fully saturated rings. The number of nitrogens with zero attached hydrogens (tertiary/aromatic N) is 1. The number of hydrogen-bond donors (Lipinski definition) is 0. The van der Waals surface area contributed by atoms with Crippen LogP contribution in [0, 0.1) is 0 Å². The van der Waals surface area contributed by atoms with Gasteiger partial charge in [0, 0.05) is 25.4 Å². The molecule has 0 aliphatic carbocycles. The van der Waals surface area contributed by atoms with Crippen molar-refractivity contribution in [2.45, 2.75) is 25.7 Å². The summed E-state index contributed by atoms with van der Waals surface area (Å²) in [4.78, 5) is 23.9. The van der Waals surface area contributed by atoms with Crippen molar-refractivity contribution in [3.8, 4) is 0 Å². The molecular weight excluding hydrogens is 190 g/mol. The summed E-state index contributed by atoms with van der Waals surface area (Å²) >= 11 is 5.51. The minimum absolute atomic E-state index is 0.239. The number of hydrogen-bond acceptors (Lipinski definition) is 2. The van der Waals surface area contributed by atoms with Gasteiger partial charge in [-0.1, -0.05) is 0 Å². The number of halogens is 1. The quantitative estimate of drug-likeness (QED) is 0.391. The third kappa shape index (κ3) is 2.99. The average Bonchev–Trinajstić information content (AvgIpc) is 2.13. The number of rotatable bonds is 4. The topological polar surface area (TPSA) is 37.4 Å². The molecule has 74 valence electrons. The molecule has 1 aliphatic heterocycles. The molecule has 0 radical (unpaired) electrons. The number of carbonyl (C=O) groups is 2. The SMILES string of the molecule is O=C1CCCN(CCCCCl)C1=O. The maximum absolute atomic E-state index is 11.3. The van der Waals surface area contributed by atoms with Crippen molar-refractivity contribution < 1.29 is 9.59 Å². The minimum atomic E-state index is -0.305. The lowest BCUT2D eigenvalue weighted by Gasteiger charge is -2.25. The highest BCUT2D eigenvalue weighted by Crippen LogP contribution is 2.08. The molecule has 3 nitrogen and oxygen atoms in total. The fourth-order valence-corrected chi connectivity index (χ4v) is 1.61. The van der Waals surface area contributed by atoms with Gasteiger partial charge >= 0.3 is 0 Å². The fraction of sp³-hybridized carbons (Fsp3) is 0.778. The Kier molecular flexibility index (Phi) is 4.22. The molecule has 1 aliphatic rings. The number of amides is 1. The van der Waals surface area contributed by atoms with Crippen molar-refractivity contribution in [3.63, 3.8) is 0 Å². The molecule has 1 amide bonds. The lowest BCUT2D eigenvalue weighted by Crippen LogP contribution is -2.41. The Morgan fingerprint density at radius 1 is 1.31 bits per heavy atom. The molecule has 1 saturated heterocycles. The van der Waals surface area contributed by atoms with Crippen LogP contribution in [0.5, 0.6) is 0 Å². The zero-order valence-corrected chi connectivity index (χ0v) is 8.35. The van der Waals surface area contributed by atoms with E-state index in [1.165, 1.54) is 0 Å². The first-order valence-corrected chi connectivity index (χ1v) is 5.17. The van der Waals surface area contributed by atoms with Gasteiger partial charge < -0.3 is 4.90 Å². The Balaban J connectivity index is 2.31. The zero-order valence-electron chi connectivity index (χ0n) is 7.59. The van der Waals surface area contributed by atoms with Crippen molar-refractivity contribution in [1.82, 2.24) is 4.90 Å². The molecule has 0 aromatic heterocycles. The molecule has 0 unspecified atom stereocenters. The van der Waals surface area contributed by atoms with E-state index in [0.717, 1.165) is 25.8 Å². The van der Waals surface area contributed by atoms with Crippen LogP contribution in [0.2, 0.25) is 0 Å². The monoisotopic (exact) mass is 203 g/mol. The van der Waals surface area contributed by atoms with Crippen LogP contribution in [0.1, 0.15) is 25.7 Å². The molecule has 13 heavy (non-hydrogen) atoms. The van der Waals surface area contributed by atoms with Crippen LogP contribution in [-0.4, -0.2) is 35.6 Å². The molecule has 0 aromatic rings. The van der Waals surface area contributed by atoms with Crippen LogP contribution < -0.4 is 0 Å². The van der Waals surface area contributed by atoms with Crippen molar-refractivity contribution in [1.29, 1.82) is 0 Å². The number of Topliss-reactive ketones (excluding diaryl/α,β-unsaturated/α-hetero) is 1. The van der Waals surface area contributed by atoms with Gasteiger partial charge in [0.1, 0.15) is 0 Å². The Morgan fingerprint density at radius 2 is 2.08 bits per heavy atom. The van der Waals surface area contributed by atoms with Crippen LogP contribution in [0.15, 0.2) is 0 Å². The molecule has 0 aromatic carbocycles. The summed E-state index contributed by atoms with van der Waals surface area (Å²) < 4.78 is 0. The first-order chi connectivity index (χ1) is 6.25. The molecule has 4 heteroatoms. The molecule has 1 heterocycles. The Bertz CT molecular complexity index is 206. The third-order valence-electron chi connectivity index (χ3n) is 2.17. The molecule has 0 bridgehead atoms. The predicted octanol–water partition coefficient (Wildman–Crippen LogP) is 1.20. The summed E-state index contributed by atoms with van der Waals surface area (Å²) in [5.41, 5.74) is 0. The van der Waals surface area contributed by atoms with E-state index in [1.807, 2.05) is 0 Å². The summed E-state index contributed by atoms with van der Waals surface area (Å²) in [6.07, 6.45) is 3.03. The summed E-state index contributed by atoms with van der Waals surface area (Å²) in [6, 6.07) is 0. The molecule has 1 rings (SSSR count). The van der Waals surface area contributed by atoms with Crippen LogP contribution in [0.4, 0.5) is 0 Å². The Morgan fingerprint density at radius 3 is 2.77 bits per heavy atom. The highest BCUT2D eigenvalue weighted by atomic mass is 35.5. The highest BCUT2D eigenvalue weighted by Gasteiger charge is 2.25. The minimum Gasteiger partial charge on any atom is -0.336 e. The largest absolute Gasteiger partial charge is 0.336 e. The van der Waals surface area contributed by atoms with Gasteiger partial charge in [-0.25, -0.2) is 0 Å². The van der Waals surface area contributed by atoms with Gasteiger partial charge in [0.25, 0.3) is 5.91 Å². The maximum atomic E-state index is 11.3. The second-order valence-electron chi connectivity index (χ2n) is 3.22. The van der Waals surface area contributed by atoms with Crippen molar-refractivity contribution in [2.75, 3.05) is 19.0 Å². The second-order valence-corrected chi connectivity index (χ2v) is 3.59. The highest BCUT2D eigenvalue weighted by molar-refractivity contribution is 6.36. The lowest BCUT2D eigenvalue weighted by molar-refractivity contribution is -0.147. The van der Waals surface area contributed by atoms with E-state index in [1.54, 1.807) is 4.90 Å². The Labute approximate surface area is 83.0 Å². The maximum Gasteiger partial charge on any atom is 0.289 e. The van der Waals surface area contributed by atoms with Gasteiger partial charge in [-0.2, -0.15) is 0 Å². The van der Waals surface area contributed by atoms with Gasteiger partial charge in [0.2, 0.25) is 5.78 Å². The standard InChI is InChI=1S/C9H14ClNO2/c10-5-1-2-6-11-7-3-4-8(12)9(11)13/h1-7H2. The first-order valence-electron chi connectivity index (χ1n) is 4.64.